The van der Waals surface area contributed by atoms with Crippen LogP contribution in [-0.4, -0.2) is 57.0 Å². The van der Waals surface area contributed by atoms with Gasteiger partial charge in [0.15, 0.2) is 0 Å². The van der Waals surface area contributed by atoms with Crippen molar-refractivity contribution < 1.29 is 27.8 Å². The van der Waals surface area contributed by atoms with E-state index in [1.54, 1.807) is 11.0 Å². The fourth-order valence-electron chi connectivity index (χ4n) is 4.81. The molecule has 4 rings (SSSR count). The van der Waals surface area contributed by atoms with E-state index in [-0.39, 0.29) is 34.5 Å². The number of methoxy groups -OCH3 is 2. The minimum Gasteiger partial charge on any atom is -0.495 e. The standard InChI is InChI=1S/C17H23ClFNO3.C12H15ClFNO.ClH/c1-17(2,3)23-16(21)20-7-5-11(6-8-20)12-9-13(19)15(18)14(10-12)22-4;1-16-11-7-9(6-10(14)12(11)13)8-2-4-15-5-3-8;/h9-11H,5-8H2,1-4H3;6-8,15H,2-5H2,1H3;1H. The number of rotatable bonds is 4. The lowest BCUT2D eigenvalue weighted by atomic mass is 9.89. The molecule has 2 fully saturated rings. The molecule has 0 unspecified atom stereocenters. The lowest BCUT2D eigenvalue weighted by Crippen LogP contribution is -2.41. The summed E-state index contributed by atoms with van der Waals surface area (Å²) in [6, 6.07) is 6.61. The molecule has 0 aromatic heterocycles. The van der Waals surface area contributed by atoms with Gasteiger partial charge < -0.3 is 24.4 Å². The summed E-state index contributed by atoms with van der Waals surface area (Å²) in [5, 5.41) is 3.36. The van der Waals surface area contributed by atoms with E-state index in [2.05, 4.69) is 5.32 Å². The van der Waals surface area contributed by atoms with Crippen LogP contribution in [0, 0.1) is 11.6 Å². The van der Waals surface area contributed by atoms with Crippen LogP contribution >= 0.6 is 35.6 Å². The molecule has 0 spiro atoms. The first kappa shape index (κ1) is 34.2. The second kappa shape index (κ2) is 15.3. The smallest absolute Gasteiger partial charge is 0.410 e. The van der Waals surface area contributed by atoms with Gasteiger partial charge in [-0.2, -0.15) is 0 Å². The third-order valence-corrected chi connectivity index (χ3v) is 7.64. The molecule has 2 aromatic rings. The summed E-state index contributed by atoms with van der Waals surface area (Å²) in [6.07, 6.45) is 3.28. The van der Waals surface area contributed by atoms with Crippen LogP contribution in [0.5, 0.6) is 11.5 Å². The molecule has 1 N–H and O–H groups in total. The summed E-state index contributed by atoms with van der Waals surface area (Å²) in [7, 11) is 2.97. The molecule has 0 bridgehead atoms. The van der Waals surface area contributed by atoms with Crippen LogP contribution in [0.1, 0.15) is 69.4 Å². The van der Waals surface area contributed by atoms with Gasteiger partial charge in [0.25, 0.3) is 0 Å². The molecule has 2 aliphatic rings. The fraction of sp³-hybridized carbons (Fsp3) is 0.552. The molecule has 0 atom stereocenters. The number of amides is 1. The van der Waals surface area contributed by atoms with Crippen molar-refractivity contribution in [2.75, 3.05) is 40.4 Å². The summed E-state index contributed by atoms with van der Waals surface area (Å²) in [5.41, 5.74) is 1.34. The van der Waals surface area contributed by atoms with Crippen molar-refractivity contribution >= 4 is 41.7 Å². The number of benzene rings is 2. The highest BCUT2D eigenvalue weighted by Crippen LogP contribution is 2.36. The molecule has 0 radical (unpaired) electrons. The zero-order valence-corrected chi connectivity index (χ0v) is 25.9. The molecule has 40 heavy (non-hydrogen) atoms. The number of likely N-dealkylation sites (tertiary alicyclic amines) is 1. The van der Waals surface area contributed by atoms with Crippen molar-refractivity contribution in [2.24, 2.45) is 0 Å². The summed E-state index contributed by atoms with van der Waals surface area (Å²) >= 11 is 11.7. The van der Waals surface area contributed by atoms with Gasteiger partial charge in [-0.25, -0.2) is 13.6 Å². The van der Waals surface area contributed by atoms with Crippen LogP contribution in [-0.2, 0) is 4.74 Å². The van der Waals surface area contributed by atoms with Crippen molar-refractivity contribution in [1.29, 1.82) is 0 Å². The maximum Gasteiger partial charge on any atom is 0.410 e. The molecule has 0 saturated carbocycles. The number of hydrogen-bond acceptors (Lipinski definition) is 5. The number of ether oxygens (including phenoxy) is 3. The predicted octanol–water partition coefficient (Wildman–Crippen LogP) is 7.98. The average molecular weight is 624 g/mol. The van der Waals surface area contributed by atoms with Gasteiger partial charge in [-0.3, -0.25) is 0 Å². The van der Waals surface area contributed by atoms with E-state index in [1.165, 1.54) is 26.4 Å². The van der Waals surface area contributed by atoms with Crippen LogP contribution in [0.3, 0.4) is 0 Å². The zero-order chi connectivity index (χ0) is 28.7. The number of nitrogens with zero attached hydrogens (tertiary/aromatic N) is 1. The molecular formula is C29H39Cl3F2N2O4. The predicted molar refractivity (Wildman–Crippen MR) is 158 cm³/mol. The Balaban J connectivity index is 0.000000290. The topological polar surface area (TPSA) is 60.0 Å². The van der Waals surface area contributed by atoms with Crippen molar-refractivity contribution in [3.8, 4) is 11.5 Å². The number of nitrogens with one attached hydrogen (secondary N) is 1. The molecule has 2 aliphatic heterocycles. The molecule has 2 aromatic carbocycles. The Kier molecular flexibility index (Phi) is 13.1. The van der Waals surface area contributed by atoms with E-state index in [4.69, 9.17) is 37.4 Å². The zero-order valence-electron chi connectivity index (χ0n) is 23.6. The lowest BCUT2D eigenvalue weighted by molar-refractivity contribution is 0.0204. The maximum absolute atomic E-state index is 13.9. The van der Waals surface area contributed by atoms with E-state index in [0.29, 0.717) is 30.5 Å². The first-order chi connectivity index (χ1) is 18.4. The first-order valence-electron chi connectivity index (χ1n) is 13.2. The monoisotopic (exact) mass is 622 g/mol. The number of carbonyl (C=O) groups excluding carboxylic acids is 1. The van der Waals surface area contributed by atoms with Gasteiger partial charge in [-0.15, -0.1) is 12.4 Å². The van der Waals surface area contributed by atoms with E-state index in [1.807, 2.05) is 26.8 Å². The normalized spacial score (nSPS) is 16.4. The van der Waals surface area contributed by atoms with Crippen molar-refractivity contribution in [3.05, 3.63) is 57.1 Å². The van der Waals surface area contributed by atoms with Gasteiger partial charge in [0.2, 0.25) is 0 Å². The Morgan fingerprint density at radius 1 is 0.850 bits per heavy atom. The summed E-state index contributed by atoms with van der Waals surface area (Å²) in [5.74, 6) is 0.479. The van der Waals surface area contributed by atoms with E-state index in [0.717, 1.165) is 49.9 Å². The Labute approximate surface area is 252 Å². The summed E-state index contributed by atoms with van der Waals surface area (Å²) in [4.78, 5) is 13.8. The van der Waals surface area contributed by atoms with E-state index < -0.39 is 17.2 Å². The Bertz CT molecular complexity index is 1130. The molecule has 0 aliphatic carbocycles. The van der Waals surface area contributed by atoms with Crippen molar-refractivity contribution in [3.63, 3.8) is 0 Å². The van der Waals surface area contributed by atoms with Crippen LogP contribution in [0.4, 0.5) is 13.6 Å². The number of hydrogen-bond donors (Lipinski definition) is 1. The van der Waals surface area contributed by atoms with Gasteiger partial charge in [-0.05, 0) is 107 Å². The molecule has 224 valence electrons. The Hall–Kier alpha value is -2.00. The summed E-state index contributed by atoms with van der Waals surface area (Å²) < 4.78 is 43.0. The van der Waals surface area contributed by atoms with Crippen LogP contribution in [0.15, 0.2) is 24.3 Å². The Morgan fingerprint density at radius 3 is 1.68 bits per heavy atom. The maximum atomic E-state index is 13.9. The molecule has 11 heteroatoms. The van der Waals surface area contributed by atoms with Gasteiger partial charge in [-0.1, -0.05) is 23.2 Å². The van der Waals surface area contributed by atoms with Crippen molar-refractivity contribution in [1.82, 2.24) is 10.2 Å². The minimum absolute atomic E-state index is 0. The first-order valence-corrected chi connectivity index (χ1v) is 13.9. The van der Waals surface area contributed by atoms with Crippen molar-refractivity contribution in [2.45, 2.75) is 63.9 Å². The lowest BCUT2D eigenvalue weighted by Gasteiger charge is -2.33. The largest absolute Gasteiger partial charge is 0.495 e. The molecular weight excluding hydrogens is 585 g/mol. The Morgan fingerprint density at radius 2 is 1.27 bits per heavy atom. The average Bonchev–Trinajstić information content (AvgIpc) is 2.91. The molecule has 6 nitrogen and oxygen atoms in total. The second-order valence-corrected chi connectivity index (χ2v) is 11.6. The second-order valence-electron chi connectivity index (χ2n) is 10.8. The third kappa shape index (κ3) is 9.26. The number of halogens is 5. The summed E-state index contributed by atoms with van der Waals surface area (Å²) in [6.45, 7) is 8.69. The molecule has 2 heterocycles. The molecule has 2 saturated heterocycles. The minimum atomic E-state index is -0.499. The van der Waals surface area contributed by atoms with Crippen LogP contribution < -0.4 is 14.8 Å². The van der Waals surface area contributed by atoms with Crippen LogP contribution in [0.25, 0.3) is 0 Å². The van der Waals surface area contributed by atoms with Gasteiger partial charge in [0.1, 0.15) is 38.8 Å². The van der Waals surface area contributed by atoms with Crippen LogP contribution in [0.2, 0.25) is 10.0 Å². The third-order valence-electron chi connectivity index (χ3n) is 6.90. The van der Waals surface area contributed by atoms with Gasteiger partial charge in [0, 0.05) is 13.1 Å². The highest BCUT2D eigenvalue weighted by molar-refractivity contribution is 6.32. The molecule has 1 amide bonds. The highest BCUT2D eigenvalue weighted by atomic mass is 35.5. The SMILES string of the molecule is COc1cc(C2CCN(C(=O)OC(C)(C)C)CC2)cc(F)c1Cl.COc1cc(C2CCNCC2)cc(F)c1Cl.Cl. The highest BCUT2D eigenvalue weighted by Gasteiger charge is 2.28. The van der Waals surface area contributed by atoms with Gasteiger partial charge in [0.05, 0.1) is 14.2 Å². The number of carbonyl (C=O) groups is 1. The number of piperidine rings is 2. The fourth-order valence-corrected chi connectivity index (χ4v) is 5.19. The quantitative estimate of drug-likeness (QED) is 0.374. The van der Waals surface area contributed by atoms with E-state index in [9.17, 15) is 13.6 Å². The van der Waals surface area contributed by atoms with Gasteiger partial charge >= 0.3 is 6.09 Å². The van der Waals surface area contributed by atoms with E-state index >= 15 is 0 Å².